The number of fused-ring (bicyclic) bond motifs is 1. The predicted octanol–water partition coefficient (Wildman–Crippen LogP) is 0.879. The lowest BCUT2D eigenvalue weighted by molar-refractivity contribution is 0.0933. The van der Waals surface area contributed by atoms with Gasteiger partial charge in [0, 0.05) is 17.4 Å². The zero-order valence-corrected chi connectivity index (χ0v) is 10.4. The van der Waals surface area contributed by atoms with Crippen LogP contribution in [0.2, 0.25) is 0 Å². The van der Waals surface area contributed by atoms with Crippen molar-refractivity contribution >= 4 is 11.7 Å². The van der Waals surface area contributed by atoms with Crippen molar-refractivity contribution in [3.8, 4) is 0 Å². The molecule has 0 spiro atoms. The molecule has 0 atom stereocenters. The van der Waals surface area contributed by atoms with Crippen LogP contribution in [0, 0.1) is 13.8 Å². The Labute approximate surface area is 99.1 Å². The van der Waals surface area contributed by atoms with Crippen LogP contribution in [0.1, 0.15) is 35.9 Å². The van der Waals surface area contributed by atoms with Crippen molar-refractivity contribution in [1.82, 2.24) is 24.9 Å². The Morgan fingerprint density at radius 3 is 2.71 bits per heavy atom. The number of carbonyl (C=O) groups is 1. The fourth-order valence-electron chi connectivity index (χ4n) is 1.59. The average Bonchev–Trinajstić information content (AvgIpc) is 2.60. The topological polar surface area (TPSA) is 72.2 Å². The highest BCUT2D eigenvalue weighted by atomic mass is 16.2. The molecule has 2 aromatic rings. The second kappa shape index (κ2) is 4.12. The van der Waals surface area contributed by atoms with E-state index in [0.717, 1.165) is 11.4 Å². The molecule has 1 N–H and O–H groups in total. The van der Waals surface area contributed by atoms with Crippen molar-refractivity contribution in [2.45, 2.75) is 33.7 Å². The molecule has 0 aliphatic carbocycles. The number of amides is 1. The summed E-state index contributed by atoms with van der Waals surface area (Å²) in [4.78, 5) is 20.1. The van der Waals surface area contributed by atoms with Crippen molar-refractivity contribution in [2.24, 2.45) is 0 Å². The van der Waals surface area contributed by atoms with Gasteiger partial charge in [0.1, 0.15) is 0 Å². The lowest BCUT2D eigenvalue weighted by atomic mass is 10.4. The van der Waals surface area contributed by atoms with E-state index >= 15 is 0 Å². The number of aryl methyl sites for hydroxylation is 2. The fourth-order valence-corrected chi connectivity index (χ4v) is 1.59. The summed E-state index contributed by atoms with van der Waals surface area (Å²) in [6.45, 7) is 7.57. The Bertz CT molecular complexity index is 572. The molecule has 0 fully saturated rings. The molecule has 0 saturated heterocycles. The molecule has 0 saturated carbocycles. The van der Waals surface area contributed by atoms with Gasteiger partial charge in [-0.2, -0.15) is 4.98 Å². The maximum atomic E-state index is 11.7. The lowest BCUT2D eigenvalue weighted by Crippen LogP contribution is -2.31. The van der Waals surface area contributed by atoms with E-state index in [-0.39, 0.29) is 17.8 Å². The summed E-state index contributed by atoms with van der Waals surface area (Å²) in [6.07, 6.45) is 0. The van der Waals surface area contributed by atoms with Crippen LogP contribution in [0.4, 0.5) is 0 Å². The molecule has 0 aromatic carbocycles. The third-order valence-corrected chi connectivity index (χ3v) is 2.24. The number of nitrogens with one attached hydrogen (secondary N) is 1. The van der Waals surface area contributed by atoms with Gasteiger partial charge in [0.25, 0.3) is 11.7 Å². The molecule has 1 amide bonds. The monoisotopic (exact) mass is 233 g/mol. The zero-order chi connectivity index (χ0) is 12.6. The number of carbonyl (C=O) groups excluding carboxylic acids is 1. The first-order valence-corrected chi connectivity index (χ1v) is 5.49. The highest BCUT2D eigenvalue weighted by Gasteiger charge is 2.15. The molecule has 6 nitrogen and oxygen atoms in total. The quantitative estimate of drug-likeness (QED) is 0.835. The number of hydrogen-bond acceptors (Lipinski definition) is 4. The molecule has 0 radical (unpaired) electrons. The van der Waals surface area contributed by atoms with Crippen molar-refractivity contribution in [3.63, 3.8) is 0 Å². The van der Waals surface area contributed by atoms with Gasteiger partial charge in [0.05, 0.1) is 0 Å². The normalized spacial score (nSPS) is 11.1. The molecular weight excluding hydrogens is 218 g/mol. The van der Waals surface area contributed by atoms with E-state index in [2.05, 4.69) is 20.4 Å². The maximum Gasteiger partial charge on any atom is 0.291 e. The summed E-state index contributed by atoms with van der Waals surface area (Å²) in [5, 5.41) is 6.89. The van der Waals surface area contributed by atoms with E-state index in [1.165, 1.54) is 0 Å². The van der Waals surface area contributed by atoms with Crippen LogP contribution in [0.15, 0.2) is 6.07 Å². The summed E-state index contributed by atoms with van der Waals surface area (Å²) >= 11 is 0. The molecule has 0 unspecified atom stereocenters. The molecule has 2 heterocycles. The van der Waals surface area contributed by atoms with Crippen molar-refractivity contribution in [1.29, 1.82) is 0 Å². The summed E-state index contributed by atoms with van der Waals surface area (Å²) < 4.78 is 1.57. The van der Waals surface area contributed by atoms with Crippen molar-refractivity contribution < 1.29 is 4.79 Å². The third-order valence-electron chi connectivity index (χ3n) is 2.24. The zero-order valence-electron chi connectivity index (χ0n) is 10.4. The van der Waals surface area contributed by atoms with Gasteiger partial charge in [-0.15, -0.1) is 5.10 Å². The van der Waals surface area contributed by atoms with Crippen LogP contribution >= 0.6 is 0 Å². The van der Waals surface area contributed by atoms with E-state index in [1.54, 1.807) is 4.52 Å². The minimum atomic E-state index is -0.275. The summed E-state index contributed by atoms with van der Waals surface area (Å²) in [7, 11) is 0. The molecular formula is C11H15N5O. The van der Waals surface area contributed by atoms with Crippen molar-refractivity contribution in [3.05, 3.63) is 23.3 Å². The molecule has 0 bridgehead atoms. The Hall–Kier alpha value is -1.98. The van der Waals surface area contributed by atoms with Gasteiger partial charge < -0.3 is 5.32 Å². The number of rotatable bonds is 2. The SMILES string of the molecule is Cc1cc(C)n2nc(C(=O)NC(C)C)nc2n1. The number of nitrogens with zero attached hydrogens (tertiary/aromatic N) is 4. The van der Waals surface area contributed by atoms with Crippen molar-refractivity contribution in [2.75, 3.05) is 0 Å². The van der Waals surface area contributed by atoms with E-state index in [1.807, 2.05) is 33.8 Å². The Balaban J connectivity index is 2.44. The van der Waals surface area contributed by atoms with E-state index < -0.39 is 0 Å². The van der Waals surface area contributed by atoms with Crippen LogP contribution < -0.4 is 5.32 Å². The van der Waals surface area contributed by atoms with Gasteiger partial charge in [0.15, 0.2) is 0 Å². The van der Waals surface area contributed by atoms with Crippen LogP contribution in [0.5, 0.6) is 0 Å². The van der Waals surface area contributed by atoms with E-state index in [0.29, 0.717) is 5.78 Å². The van der Waals surface area contributed by atoms with Crippen LogP contribution in [0.25, 0.3) is 5.78 Å². The Morgan fingerprint density at radius 2 is 2.06 bits per heavy atom. The molecule has 90 valence electrons. The lowest BCUT2D eigenvalue weighted by Gasteiger charge is -2.04. The first-order valence-electron chi connectivity index (χ1n) is 5.49. The standard InChI is InChI=1S/C11H15N5O/c1-6(2)12-10(17)9-14-11-13-7(3)5-8(4)16(11)15-9/h5-6H,1-4H3,(H,12,17). The third kappa shape index (κ3) is 2.25. The first-order chi connectivity index (χ1) is 7.97. The number of aromatic nitrogens is 4. The largest absolute Gasteiger partial charge is 0.347 e. The smallest absolute Gasteiger partial charge is 0.291 e. The fraction of sp³-hybridized carbons (Fsp3) is 0.455. The molecule has 2 aromatic heterocycles. The molecule has 2 rings (SSSR count). The van der Waals surface area contributed by atoms with Crippen LogP contribution in [-0.2, 0) is 0 Å². The predicted molar refractivity (Wildman–Crippen MR) is 62.9 cm³/mol. The highest BCUT2D eigenvalue weighted by Crippen LogP contribution is 2.05. The summed E-state index contributed by atoms with van der Waals surface area (Å²) in [5.74, 6) is 0.332. The highest BCUT2D eigenvalue weighted by molar-refractivity contribution is 5.90. The molecule has 0 aliphatic heterocycles. The minimum Gasteiger partial charge on any atom is -0.347 e. The van der Waals surface area contributed by atoms with E-state index in [9.17, 15) is 4.79 Å². The van der Waals surface area contributed by atoms with Gasteiger partial charge in [-0.1, -0.05) is 0 Å². The Kier molecular flexibility index (Phi) is 2.79. The average molecular weight is 233 g/mol. The minimum absolute atomic E-state index is 0.0601. The van der Waals surface area contributed by atoms with Crippen LogP contribution in [0.3, 0.4) is 0 Å². The maximum absolute atomic E-state index is 11.7. The van der Waals surface area contributed by atoms with Crippen LogP contribution in [-0.4, -0.2) is 31.5 Å². The molecule has 17 heavy (non-hydrogen) atoms. The Morgan fingerprint density at radius 1 is 1.35 bits per heavy atom. The number of hydrogen-bond donors (Lipinski definition) is 1. The first kappa shape index (κ1) is 11.5. The summed E-state index contributed by atoms with van der Waals surface area (Å²) in [6, 6.07) is 1.95. The van der Waals surface area contributed by atoms with Gasteiger partial charge in [-0.05, 0) is 33.8 Å². The second-order valence-corrected chi connectivity index (χ2v) is 4.31. The van der Waals surface area contributed by atoms with Gasteiger partial charge in [0.2, 0.25) is 5.82 Å². The molecule has 6 heteroatoms. The van der Waals surface area contributed by atoms with Gasteiger partial charge in [-0.3, -0.25) is 4.79 Å². The second-order valence-electron chi connectivity index (χ2n) is 4.31. The van der Waals surface area contributed by atoms with Gasteiger partial charge in [-0.25, -0.2) is 9.50 Å². The molecule has 0 aliphatic rings. The van der Waals surface area contributed by atoms with Gasteiger partial charge >= 0.3 is 0 Å². The van der Waals surface area contributed by atoms with E-state index in [4.69, 9.17) is 0 Å². The summed E-state index contributed by atoms with van der Waals surface area (Å²) in [5.41, 5.74) is 1.77.